The quantitative estimate of drug-likeness (QED) is 0.913. The minimum atomic E-state index is -0.925. The first-order valence-corrected chi connectivity index (χ1v) is 7.37. The van der Waals surface area contributed by atoms with E-state index in [1.807, 2.05) is 13.8 Å². The third-order valence-electron chi connectivity index (χ3n) is 3.13. The van der Waals surface area contributed by atoms with Crippen molar-refractivity contribution in [2.45, 2.75) is 32.2 Å². The predicted molar refractivity (Wildman–Crippen MR) is 74.1 cm³/mol. The van der Waals surface area contributed by atoms with E-state index in [-0.39, 0.29) is 24.9 Å². The summed E-state index contributed by atoms with van der Waals surface area (Å²) in [6.07, 6.45) is 1.48. The zero-order valence-corrected chi connectivity index (χ0v) is 12.4. The highest BCUT2D eigenvalue weighted by Crippen LogP contribution is 2.24. The summed E-state index contributed by atoms with van der Waals surface area (Å²) in [6, 6.07) is -0.404. The third-order valence-corrected chi connectivity index (χ3v) is 4.41. The Morgan fingerprint density at radius 3 is 2.95 bits per heavy atom. The molecule has 0 aromatic carbocycles. The largest absolute Gasteiger partial charge is 0.481 e. The highest BCUT2D eigenvalue weighted by Gasteiger charge is 2.30. The van der Waals surface area contributed by atoms with Crippen LogP contribution in [0.2, 0.25) is 0 Å². The van der Waals surface area contributed by atoms with Gasteiger partial charge in [-0.1, -0.05) is 13.8 Å². The lowest BCUT2D eigenvalue weighted by Gasteiger charge is -2.34. The maximum atomic E-state index is 12.5. The van der Waals surface area contributed by atoms with Crippen molar-refractivity contribution < 1.29 is 19.4 Å². The van der Waals surface area contributed by atoms with Crippen LogP contribution in [0.5, 0.6) is 0 Å². The zero-order valence-electron chi connectivity index (χ0n) is 11.5. The lowest BCUT2D eigenvalue weighted by Crippen LogP contribution is -2.49. The molecule has 0 bridgehead atoms. The van der Waals surface area contributed by atoms with E-state index in [9.17, 15) is 9.59 Å². The molecule has 1 aromatic heterocycles. The number of rotatable bonds is 4. The smallest absolute Gasteiger partial charge is 0.305 e. The lowest BCUT2D eigenvalue weighted by atomic mass is 10.1. The lowest BCUT2D eigenvalue weighted by molar-refractivity contribution is -0.139. The fourth-order valence-electron chi connectivity index (χ4n) is 2.09. The molecule has 1 aliphatic heterocycles. The number of morpholine rings is 1. The second kappa shape index (κ2) is 6.32. The van der Waals surface area contributed by atoms with E-state index in [0.29, 0.717) is 18.0 Å². The van der Waals surface area contributed by atoms with Gasteiger partial charge < -0.3 is 14.7 Å². The average Bonchev–Trinajstić information content (AvgIpc) is 2.87. The molecule has 1 aliphatic rings. The number of thiazole rings is 1. The maximum absolute atomic E-state index is 12.5. The van der Waals surface area contributed by atoms with Gasteiger partial charge >= 0.3 is 5.97 Å². The molecule has 1 aromatic rings. The van der Waals surface area contributed by atoms with Crippen molar-refractivity contribution in [1.29, 1.82) is 0 Å². The van der Waals surface area contributed by atoms with Crippen LogP contribution in [0.4, 0.5) is 0 Å². The Bertz CT molecular complexity index is 500. The summed E-state index contributed by atoms with van der Waals surface area (Å²) < 4.78 is 5.27. The molecular formula is C13H18N2O4S. The summed E-state index contributed by atoms with van der Waals surface area (Å²) in [5.74, 6) is -0.796. The van der Waals surface area contributed by atoms with Crippen LogP contribution in [0, 0.1) is 0 Å². The minimum Gasteiger partial charge on any atom is -0.481 e. The van der Waals surface area contributed by atoms with E-state index < -0.39 is 12.0 Å². The van der Waals surface area contributed by atoms with Crippen molar-refractivity contribution >= 4 is 23.2 Å². The number of aromatic nitrogens is 1. The molecule has 0 saturated carbocycles. The number of carboxylic acid groups (broad SMARTS) is 1. The van der Waals surface area contributed by atoms with Gasteiger partial charge in [-0.2, -0.15) is 0 Å². The number of carbonyl (C=O) groups excluding carboxylic acids is 1. The van der Waals surface area contributed by atoms with Crippen LogP contribution in [0.25, 0.3) is 0 Å². The highest BCUT2D eigenvalue weighted by atomic mass is 32.1. The maximum Gasteiger partial charge on any atom is 0.305 e. The van der Waals surface area contributed by atoms with Gasteiger partial charge in [-0.15, -0.1) is 11.3 Å². The second-order valence-electron chi connectivity index (χ2n) is 5.04. The summed E-state index contributed by atoms with van der Waals surface area (Å²) in [5.41, 5.74) is 0. The van der Waals surface area contributed by atoms with Crippen molar-refractivity contribution in [3.8, 4) is 0 Å². The molecule has 2 heterocycles. The van der Waals surface area contributed by atoms with E-state index >= 15 is 0 Å². The molecular weight excluding hydrogens is 280 g/mol. The predicted octanol–water partition coefficient (Wildman–Crippen LogP) is 1.58. The monoisotopic (exact) mass is 298 g/mol. The number of carboxylic acids is 1. The Balaban J connectivity index is 2.13. The molecule has 1 N–H and O–H groups in total. The Hall–Kier alpha value is -1.47. The molecule has 0 spiro atoms. The van der Waals surface area contributed by atoms with Crippen LogP contribution in [-0.2, 0) is 9.53 Å². The van der Waals surface area contributed by atoms with Gasteiger partial charge in [0.2, 0.25) is 0 Å². The number of carbonyl (C=O) groups is 2. The first-order valence-electron chi connectivity index (χ1n) is 6.55. The Kier molecular flexibility index (Phi) is 4.72. The number of aliphatic carboxylic acids is 1. The third kappa shape index (κ3) is 3.34. The molecule has 1 atom stereocenters. The van der Waals surface area contributed by atoms with Gasteiger partial charge in [-0.3, -0.25) is 9.59 Å². The van der Waals surface area contributed by atoms with Gasteiger partial charge in [0, 0.05) is 12.5 Å². The molecule has 1 amide bonds. The number of nitrogens with zero attached hydrogens (tertiary/aromatic N) is 2. The van der Waals surface area contributed by atoms with Gasteiger partial charge in [0.15, 0.2) is 0 Å². The van der Waals surface area contributed by atoms with Crippen molar-refractivity contribution in [1.82, 2.24) is 9.88 Å². The zero-order chi connectivity index (χ0) is 14.7. The molecule has 0 aliphatic carbocycles. The molecule has 0 radical (unpaired) electrons. The van der Waals surface area contributed by atoms with E-state index in [4.69, 9.17) is 9.84 Å². The van der Waals surface area contributed by atoms with Gasteiger partial charge in [0.1, 0.15) is 4.88 Å². The topological polar surface area (TPSA) is 79.7 Å². The van der Waals surface area contributed by atoms with E-state index in [1.165, 1.54) is 11.3 Å². The van der Waals surface area contributed by atoms with Crippen molar-refractivity contribution in [2.24, 2.45) is 0 Å². The molecule has 6 nitrogen and oxygen atoms in total. The first-order chi connectivity index (χ1) is 9.49. The molecule has 0 unspecified atom stereocenters. The summed E-state index contributed by atoms with van der Waals surface area (Å²) in [7, 11) is 0. The van der Waals surface area contributed by atoms with Crippen LogP contribution < -0.4 is 0 Å². The summed E-state index contributed by atoms with van der Waals surface area (Å²) in [6.45, 7) is 5.18. The Labute approximate surface area is 121 Å². The fraction of sp³-hybridized carbons (Fsp3) is 0.615. The summed E-state index contributed by atoms with van der Waals surface area (Å²) in [5, 5.41) is 9.82. The standard InChI is InChI=1S/C13H18N2O4S/c1-8(2)12-14-6-10(20-12)13(18)15-3-4-19-7-9(15)5-11(16)17/h6,8-9H,3-5,7H2,1-2H3,(H,16,17)/t9-/m0/s1. The Morgan fingerprint density at radius 2 is 2.35 bits per heavy atom. The van der Waals surface area contributed by atoms with E-state index in [0.717, 1.165) is 5.01 Å². The number of ether oxygens (including phenoxy) is 1. The summed E-state index contributed by atoms with van der Waals surface area (Å²) >= 11 is 1.37. The van der Waals surface area contributed by atoms with Crippen molar-refractivity contribution in [3.05, 3.63) is 16.1 Å². The fourth-order valence-corrected chi connectivity index (χ4v) is 2.96. The van der Waals surface area contributed by atoms with Crippen LogP contribution >= 0.6 is 11.3 Å². The van der Waals surface area contributed by atoms with Crippen molar-refractivity contribution in [3.63, 3.8) is 0 Å². The van der Waals surface area contributed by atoms with Crippen LogP contribution in [0.15, 0.2) is 6.20 Å². The van der Waals surface area contributed by atoms with Gasteiger partial charge in [0.05, 0.1) is 36.9 Å². The second-order valence-corrected chi connectivity index (χ2v) is 6.10. The molecule has 7 heteroatoms. The van der Waals surface area contributed by atoms with Crippen molar-refractivity contribution in [2.75, 3.05) is 19.8 Å². The first kappa shape index (κ1) is 14.9. The minimum absolute atomic E-state index is 0.0957. The van der Waals surface area contributed by atoms with E-state index in [1.54, 1.807) is 11.1 Å². The van der Waals surface area contributed by atoms with Gasteiger partial charge in [-0.05, 0) is 0 Å². The van der Waals surface area contributed by atoms with Gasteiger partial charge in [-0.25, -0.2) is 4.98 Å². The number of hydrogen-bond donors (Lipinski definition) is 1. The Morgan fingerprint density at radius 1 is 1.60 bits per heavy atom. The van der Waals surface area contributed by atoms with Gasteiger partial charge in [0.25, 0.3) is 5.91 Å². The summed E-state index contributed by atoms with van der Waals surface area (Å²) in [4.78, 5) is 29.7. The number of amides is 1. The normalized spacial score (nSPS) is 19.4. The highest BCUT2D eigenvalue weighted by molar-refractivity contribution is 7.13. The van der Waals surface area contributed by atoms with E-state index in [2.05, 4.69) is 4.98 Å². The van der Waals surface area contributed by atoms with Crippen LogP contribution in [0.1, 0.15) is 40.9 Å². The molecule has 2 rings (SSSR count). The molecule has 1 fully saturated rings. The van der Waals surface area contributed by atoms with Crippen LogP contribution in [-0.4, -0.2) is 52.7 Å². The SMILES string of the molecule is CC(C)c1ncc(C(=O)N2CCOC[C@@H]2CC(=O)O)s1. The average molecular weight is 298 g/mol. The molecule has 1 saturated heterocycles. The molecule has 20 heavy (non-hydrogen) atoms. The number of hydrogen-bond acceptors (Lipinski definition) is 5. The molecule has 110 valence electrons. The van der Waals surface area contributed by atoms with Crippen LogP contribution in [0.3, 0.4) is 0 Å².